The van der Waals surface area contributed by atoms with Gasteiger partial charge in [-0.25, -0.2) is 4.79 Å². The molecule has 0 spiro atoms. The first-order valence-electron chi connectivity index (χ1n) is 11.1. The highest BCUT2D eigenvalue weighted by atomic mass is 35.5. The molecule has 8 nitrogen and oxygen atoms in total. The van der Waals surface area contributed by atoms with Crippen molar-refractivity contribution in [3.63, 3.8) is 0 Å². The number of benzene rings is 2. The van der Waals surface area contributed by atoms with Gasteiger partial charge in [0.15, 0.2) is 0 Å². The lowest BCUT2D eigenvalue weighted by molar-refractivity contribution is -0.139. The van der Waals surface area contributed by atoms with Crippen LogP contribution in [0, 0.1) is 0 Å². The number of aliphatic imine (C=N–C) groups is 1. The number of aliphatic carboxylic acids is 1. The second-order valence-electron chi connectivity index (χ2n) is 7.80. The number of amidine groups is 1. The predicted octanol–water partition coefficient (Wildman–Crippen LogP) is 3.17. The third kappa shape index (κ3) is 7.90. The Labute approximate surface area is 208 Å². The van der Waals surface area contributed by atoms with Gasteiger partial charge in [-0.15, -0.1) is 0 Å². The molecule has 1 heterocycles. The lowest BCUT2D eigenvalue weighted by atomic mass is 10.1. The molecule has 0 aromatic heterocycles. The normalized spacial score (nSPS) is 14.1. The lowest BCUT2D eigenvalue weighted by Gasteiger charge is -2.16. The second-order valence-corrected chi connectivity index (χ2v) is 8.61. The van der Waals surface area contributed by atoms with E-state index in [1.165, 1.54) is 12.1 Å². The van der Waals surface area contributed by atoms with Crippen molar-refractivity contribution in [1.29, 1.82) is 0 Å². The van der Waals surface area contributed by atoms with Crippen LogP contribution in [0.3, 0.4) is 0 Å². The maximum Gasteiger partial charge on any atom is 0.326 e. The second kappa shape index (κ2) is 13.2. The number of carboxylic acid groups (broad SMARTS) is 1. The summed E-state index contributed by atoms with van der Waals surface area (Å²) in [4.78, 5) is 28.7. The van der Waals surface area contributed by atoms with Crippen LogP contribution in [0.2, 0.25) is 10.0 Å². The molecule has 4 N–H and O–H groups in total. The van der Waals surface area contributed by atoms with Crippen molar-refractivity contribution >= 4 is 40.9 Å². The van der Waals surface area contributed by atoms with Crippen LogP contribution in [0.25, 0.3) is 0 Å². The van der Waals surface area contributed by atoms with E-state index in [9.17, 15) is 14.7 Å². The smallest absolute Gasteiger partial charge is 0.326 e. The fraction of sp³-hybridized carbons (Fsp3) is 0.375. The quantitative estimate of drug-likeness (QED) is 0.348. The van der Waals surface area contributed by atoms with E-state index >= 15 is 0 Å². The zero-order chi connectivity index (χ0) is 24.3. The van der Waals surface area contributed by atoms with Gasteiger partial charge in [0.2, 0.25) is 0 Å². The summed E-state index contributed by atoms with van der Waals surface area (Å²) in [6.45, 7) is 3.98. The van der Waals surface area contributed by atoms with Gasteiger partial charge in [0.1, 0.15) is 17.6 Å². The van der Waals surface area contributed by atoms with E-state index < -0.39 is 17.9 Å². The average molecular weight is 507 g/mol. The number of carbonyl (C=O) groups is 2. The Kier molecular flexibility index (Phi) is 10.00. The summed E-state index contributed by atoms with van der Waals surface area (Å²) in [6.07, 6.45) is 1.97. The summed E-state index contributed by atoms with van der Waals surface area (Å²) in [5.41, 5.74) is 0.802. The molecule has 2 aromatic rings. The number of unbranched alkanes of at least 4 members (excludes halogenated alkanes) is 1. The Morgan fingerprint density at radius 3 is 2.50 bits per heavy atom. The molecule has 0 bridgehead atoms. The summed E-state index contributed by atoms with van der Waals surface area (Å²) in [5, 5.41) is 19.0. The van der Waals surface area contributed by atoms with Gasteiger partial charge in [-0.05, 0) is 42.7 Å². The molecule has 3 rings (SSSR count). The van der Waals surface area contributed by atoms with Crippen LogP contribution >= 0.6 is 23.2 Å². The standard InChI is InChI=1S/C24H28Cl2N4O4/c25-18-4-3-5-19(26)22(18)23(31)30-20(24(32)33)14-16-6-8-17(9-7-16)34-13-2-1-10-28-21-15-27-11-12-29-21/h3-9,20,27H,1-2,10-15H2,(H,28,29)(H,30,31)(H,32,33)/t20-/m1/s1. The number of amides is 1. The average Bonchev–Trinajstić information content (AvgIpc) is 2.82. The number of hydrogen-bond donors (Lipinski definition) is 4. The summed E-state index contributed by atoms with van der Waals surface area (Å²) >= 11 is 12.1. The number of halogens is 2. The zero-order valence-corrected chi connectivity index (χ0v) is 20.2. The first kappa shape index (κ1) is 25.8. The molecule has 1 aliphatic heterocycles. The molecule has 1 amide bonds. The van der Waals surface area contributed by atoms with Gasteiger partial charge in [-0.1, -0.05) is 41.4 Å². The Bertz CT molecular complexity index is 994. The minimum atomic E-state index is -1.15. The lowest BCUT2D eigenvalue weighted by Crippen LogP contribution is -2.42. The van der Waals surface area contributed by atoms with Crippen LogP contribution in [-0.4, -0.2) is 61.6 Å². The molecule has 182 valence electrons. The maximum absolute atomic E-state index is 12.6. The van der Waals surface area contributed by atoms with Crippen molar-refractivity contribution in [2.75, 3.05) is 32.8 Å². The van der Waals surface area contributed by atoms with E-state index in [2.05, 4.69) is 20.9 Å². The number of hydrogen-bond acceptors (Lipinski definition) is 6. The van der Waals surface area contributed by atoms with E-state index in [0.29, 0.717) is 12.4 Å². The monoisotopic (exact) mass is 506 g/mol. The summed E-state index contributed by atoms with van der Waals surface area (Å²) in [5.74, 6) is -0.0744. The van der Waals surface area contributed by atoms with Gasteiger partial charge in [0.05, 0.1) is 35.3 Å². The highest BCUT2D eigenvalue weighted by Gasteiger charge is 2.23. The van der Waals surface area contributed by atoms with E-state index in [1.807, 2.05) is 0 Å². The van der Waals surface area contributed by atoms with Crippen LogP contribution in [-0.2, 0) is 11.2 Å². The van der Waals surface area contributed by atoms with E-state index in [0.717, 1.165) is 50.4 Å². The fourth-order valence-electron chi connectivity index (χ4n) is 3.40. The van der Waals surface area contributed by atoms with Gasteiger partial charge in [0, 0.05) is 19.5 Å². The molecular weight excluding hydrogens is 479 g/mol. The van der Waals surface area contributed by atoms with Crippen molar-refractivity contribution in [3.8, 4) is 5.75 Å². The molecule has 10 heteroatoms. The largest absolute Gasteiger partial charge is 0.494 e. The van der Waals surface area contributed by atoms with Gasteiger partial charge in [0.25, 0.3) is 5.91 Å². The Balaban J connectivity index is 1.44. The van der Waals surface area contributed by atoms with E-state index in [4.69, 9.17) is 27.9 Å². The Morgan fingerprint density at radius 1 is 1.12 bits per heavy atom. The van der Waals surface area contributed by atoms with E-state index in [-0.39, 0.29) is 22.0 Å². The molecule has 0 fully saturated rings. The molecular formula is C24H28Cl2N4O4. The highest BCUT2D eigenvalue weighted by molar-refractivity contribution is 6.39. The van der Waals surface area contributed by atoms with Crippen LogP contribution in [0.1, 0.15) is 28.8 Å². The van der Waals surface area contributed by atoms with Crippen molar-refractivity contribution in [3.05, 3.63) is 63.6 Å². The van der Waals surface area contributed by atoms with Gasteiger partial charge in [-0.2, -0.15) is 0 Å². The molecule has 0 aliphatic carbocycles. The summed E-state index contributed by atoms with van der Waals surface area (Å²) in [6, 6.07) is 10.7. The van der Waals surface area contributed by atoms with Crippen LogP contribution < -0.4 is 20.7 Å². The number of carbonyl (C=O) groups excluding carboxylic acids is 1. The van der Waals surface area contributed by atoms with Crippen molar-refractivity contribution in [2.24, 2.45) is 4.99 Å². The number of rotatable bonds is 11. The first-order chi connectivity index (χ1) is 16.4. The molecule has 0 unspecified atom stereocenters. The third-order valence-electron chi connectivity index (χ3n) is 5.21. The number of nitrogens with zero attached hydrogens (tertiary/aromatic N) is 1. The topological polar surface area (TPSA) is 112 Å². The fourth-order valence-corrected chi connectivity index (χ4v) is 3.97. The SMILES string of the molecule is O=C(N[C@H](Cc1ccc(OCCCCNC2=NCCNC2)cc1)C(=O)O)c1c(Cl)cccc1Cl. The van der Waals surface area contributed by atoms with Crippen molar-refractivity contribution in [1.82, 2.24) is 16.0 Å². The van der Waals surface area contributed by atoms with Crippen molar-refractivity contribution < 1.29 is 19.4 Å². The first-order valence-corrected chi connectivity index (χ1v) is 11.9. The highest BCUT2D eigenvalue weighted by Crippen LogP contribution is 2.24. The van der Waals surface area contributed by atoms with E-state index in [1.54, 1.807) is 30.3 Å². The van der Waals surface area contributed by atoms with Crippen LogP contribution in [0.4, 0.5) is 0 Å². The van der Waals surface area contributed by atoms with Crippen molar-refractivity contribution in [2.45, 2.75) is 25.3 Å². The number of ether oxygens (including phenoxy) is 1. The summed E-state index contributed by atoms with van der Waals surface area (Å²) < 4.78 is 5.77. The minimum absolute atomic E-state index is 0.0550. The Hall–Kier alpha value is -2.81. The van der Waals surface area contributed by atoms with Gasteiger partial charge in [-0.3, -0.25) is 9.79 Å². The molecule has 0 saturated carbocycles. The number of nitrogens with one attached hydrogen (secondary N) is 3. The Morgan fingerprint density at radius 2 is 1.85 bits per heavy atom. The molecule has 34 heavy (non-hydrogen) atoms. The molecule has 1 aliphatic rings. The molecule has 2 aromatic carbocycles. The molecule has 0 saturated heterocycles. The van der Waals surface area contributed by atoms with Crippen LogP contribution in [0.5, 0.6) is 5.75 Å². The van der Waals surface area contributed by atoms with Gasteiger partial charge < -0.3 is 25.8 Å². The molecule has 0 radical (unpaired) electrons. The van der Waals surface area contributed by atoms with Gasteiger partial charge >= 0.3 is 5.97 Å². The summed E-state index contributed by atoms with van der Waals surface area (Å²) in [7, 11) is 0. The number of carboxylic acids is 1. The predicted molar refractivity (Wildman–Crippen MR) is 133 cm³/mol. The third-order valence-corrected chi connectivity index (χ3v) is 5.84. The maximum atomic E-state index is 12.6. The minimum Gasteiger partial charge on any atom is -0.494 e. The zero-order valence-electron chi connectivity index (χ0n) is 18.7. The molecule has 1 atom stereocenters. The van der Waals surface area contributed by atoms with Crippen LogP contribution in [0.15, 0.2) is 47.5 Å².